The van der Waals surface area contributed by atoms with Gasteiger partial charge in [-0.3, -0.25) is 13.4 Å². The molecule has 0 radical (unpaired) electrons. The van der Waals surface area contributed by atoms with Crippen LogP contribution in [-0.4, -0.2) is 29.0 Å². The maximum absolute atomic E-state index is 11.5. The van der Waals surface area contributed by atoms with Crippen LogP contribution in [0.2, 0.25) is 0 Å². The minimum absolute atomic E-state index is 0. The molecule has 1 aliphatic rings. The molecule has 20 heteroatoms. The van der Waals surface area contributed by atoms with Gasteiger partial charge in [-0.2, -0.15) is 0 Å². The van der Waals surface area contributed by atoms with Crippen molar-refractivity contribution in [3.63, 3.8) is 0 Å². The molecule has 1 saturated heterocycles. The van der Waals surface area contributed by atoms with Crippen molar-refractivity contribution in [2.24, 2.45) is 0 Å². The predicted octanol–water partition coefficient (Wildman–Crippen LogP) is -13.6. The third-order valence-electron chi connectivity index (χ3n) is 3.26. The quantitative estimate of drug-likeness (QED) is 0.232. The van der Waals surface area contributed by atoms with Gasteiger partial charge in [0.05, 0.1) is 26.6 Å². The normalized spacial score (nSPS) is 24.2. The summed E-state index contributed by atoms with van der Waals surface area (Å²) in [5.41, 5.74) is 0.497. The minimum atomic E-state index is -6.07. The number of aromatic hydroxyl groups is 1. The molecule has 0 bridgehead atoms. The van der Waals surface area contributed by atoms with Gasteiger partial charge in [0.25, 0.3) is 15.6 Å². The minimum Gasteiger partial charge on any atom is -0.790 e. The molecule has 31 heavy (non-hydrogen) atoms. The van der Waals surface area contributed by atoms with E-state index in [0.29, 0.717) is 5.56 Å². The molecule has 1 fully saturated rings. The molecule has 2 N–H and O–H groups in total. The SMILES string of the molecule is O=P([O-])([O-])OP(=O)([O-])OP(=O)([O-])OCC1O[C@@H](c2cccc(O)c2)CC1O.[Na+].[Na+].[Na+].[Na+]. The van der Waals surface area contributed by atoms with Crippen LogP contribution >= 0.6 is 23.5 Å². The summed E-state index contributed by atoms with van der Waals surface area (Å²) in [7, 11) is -17.8. The first-order valence-corrected chi connectivity index (χ1v) is 11.5. The first-order valence-electron chi connectivity index (χ1n) is 7.10. The Morgan fingerprint density at radius 1 is 1.00 bits per heavy atom. The van der Waals surface area contributed by atoms with Gasteiger partial charge in [-0.15, -0.1) is 0 Å². The van der Waals surface area contributed by atoms with Crippen molar-refractivity contribution >= 4 is 23.5 Å². The van der Waals surface area contributed by atoms with Crippen molar-refractivity contribution in [1.29, 1.82) is 0 Å². The molecule has 13 nitrogen and oxygen atoms in total. The van der Waals surface area contributed by atoms with Crippen LogP contribution in [0.5, 0.6) is 5.75 Å². The molecular weight excluding hydrogens is 525 g/mol. The van der Waals surface area contributed by atoms with Crippen molar-refractivity contribution in [2.45, 2.75) is 24.7 Å². The summed E-state index contributed by atoms with van der Waals surface area (Å²) < 4.78 is 48.8. The summed E-state index contributed by atoms with van der Waals surface area (Å²) in [5, 5.41) is 19.3. The monoisotopic (exact) mass is 538 g/mol. The predicted molar refractivity (Wildman–Crippen MR) is 77.3 cm³/mol. The van der Waals surface area contributed by atoms with E-state index in [1.165, 1.54) is 18.2 Å². The number of hydrogen-bond donors (Lipinski definition) is 2. The van der Waals surface area contributed by atoms with Crippen LogP contribution in [0, 0.1) is 0 Å². The van der Waals surface area contributed by atoms with Crippen LogP contribution in [0.3, 0.4) is 0 Å². The second kappa shape index (κ2) is 16.2. The van der Waals surface area contributed by atoms with Gasteiger partial charge in [-0.1, -0.05) is 12.1 Å². The Kier molecular flexibility index (Phi) is 20.4. The zero-order chi connectivity index (χ0) is 20.5. The molecule has 154 valence electrons. The zero-order valence-corrected chi connectivity index (χ0v) is 27.9. The number of rotatable bonds is 8. The Morgan fingerprint density at radius 3 is 2.10 bits per heavy atom. The molecule has 0 aliphatic carbocycles. The molecule has 1 aromatic carbocycles. The van der Waals surface area contributed by atoms with Gasteiger partial charge >= 0.3 is 118 Å². The molecule has 1 aromatic rings. The Morgan fingerprint density at radius 2 is 1.58 bits per heavy atom. The topological polar surface area (TPSA) is 221 Å². The molecule has 1 heterocycles. The van der Waals surface area contributed by atoms with Crippen molar-refractivity contribution < 1.29 is 180 Å². The number of hydrogen-bond acceptors (Lipinski definition) is 13. The summed E-state index contributed by atoms with van der Waals surface area (Å²) in [6.45, 7) is -0.871. The molecule has 4 unspecified atom stereocenters. The summed E-state index contributed by atoms with van der Waals surface area (Å²) in [5.74, 6) is -0.0528. The second-order valence-electron chi connectivity index (χ2n) is 5.36. The van der Waals surface area contributed by atoms with Gasteiger partial charge in [0.15, 0.2) is 0 Å². The Labute approximate surface area is 266 Å². The van der Waals surface area contributed by atoms with Crippen LogP contribution in [-0.2, 0) is 31.6 Å². The van der Waals surface area contributed by atoms with E-state index in [9.17, 15) is 43.5 Å². The van der Waals surface area contributed by atoms with E-state index >= 15 is 0 Å². The molecule has 0 aromatic heterocycles. The smallest absolute Gasteiger partial charge is 0.790 e. The molecule has 0 amide bonds. The van der Waals surface area contributed by atoms with Crippen LogP contribution in [0.25, 0.3) is 0 Å². The van der Waals surface area contributed by atoms with Crippen molar-refractivity contribution in [3.8, 4) is 5.75 Å². The van der Waals surface area contributed by atoms with Gasteiger partial charge in [-0.05, 0) is 17.7 Å². The van der Waals surface area contributed by atoms with Crippen molar-refractivity contribution in [1.82, 2.24) is 0 Å². The number of phenols is 1. The third-order valence-corrected chi connectivity index (χ3v) is 6.93. The molecule has 1 aliphatic heterocycles. The standard InChI is InChI=1S/C11H17O13P3.4Na/c12-8-3-1-2-7(4-8)10-5-9(13)11(22-10)6-21-26(17,18)24-27(19,20)23-25(14,15)16;;;;/h1-4,9-13H,5-6H2,(H,17,18)(H,19,20)(H2,14,15,16);;;;/q;4*+1/p-4/t9?,10-,11?;;;;/m1..../s1. The number of benzene rings is 1. The number of phosphoric ester groups is 1. The van der Waals surface area contributed by atoms with E-state index in [1.807, 2.05) is 0 Å². The number of ether oxygens (including phenoxy) is 1. The number of phenolic OH excluding ortho intramolecular Hbond substituents is 1. The van der Waals surface area contributed by atoms with E-state index in [2.05, 4.69) is 13.1 Å². The molecular formula is C11H13Na4O13P3. The summed E-state index contributed by atoms with van der Waals surface area (Å²) >= 11 is 0. The van der Waals surface area contributed by atoms with Gasteiger partial charge in [0, 0.05) is 6.42 Å². The zero-order valence-electron chi connectivity index (χ0n) is 17.2. The Hall–Kier alpha value is 3.35. The number of aliphatic hydroxyl groups is 1. The second-order valence-corrected chi connectivity index (χ2v) is 9.61. The average molecular weight is 538 g/mol. The van der Waals surface area contributed by atoms with Crippen LogP contribution in [0.15, 0.2) is 24.3 Å². The fraction of sp³-hybridized carbons (Fsp3) is 0.455. The summed E-state index contributed by atoms with van der Waals surface area (Å²) in [6.07, 6.45) is -3.08. The maximum Gasteiger partial charge on any atom is 1.00 e. The van der Waals surface area contributed by atoms with E-state index in [1.54, 1.807) is 6.07 Å². The van der Waals surface area contributed by atoms with Crippen molar-refractivity contribution in [3.05, 3.63) is 29.8 Å². The van der Waals surface area contributed by atoms with Gasteiger partial charge in [0.1, 0.15) is 11.9 Å². The van der Waals surface area contributed by atoms with Gasteiger partial charge in [0.2, 0.25) is 0 Å². The largest absolute Gasteiger partial charge is 1.00 e. The Balaban J connectivity index is -0.00000196. The van der Waals surface area contributed by atoms with Crippen LogP contribution < -0.4 is 138 Å². The molecule has 2 rings (SSSR count). The van der Waals surface area contributed by atoms with Crippen molar-refractivity contribution in [2.75, 3.05) is 6.61 Å². The molecule has 5 atom stereocenters. The first-order chi connectivity index (χ1) is 12.3. The first kappa shape index (κ1) is 38.9. The average Bonchev–Trinajstić information content (AvgIpc) is 2.83. The Bertz CT molecular complexity index is 824. The van der Waals surface area contributed by atoms with E-state index in [-0.39, 0.29) is 130 Å². The van der Waals surface area contributed by atoms with E-state index < -0.39 is 48.4 Å². The fourth-order valence-electron chi connectivity index (χ4n) is 2.27. The van der Waals surface area contributed by atoms with E-state index in [4.69, 9.17) is 4.74 Å². The van der Waals surface area contributed by atoms with Gasteiger partial charge in [-0.25, -0.2) is 4.31 Å². The molecule has 0 spiro atoms. The van der Waals surface area contributed by atoms with E-state index in [0.717, 1.165) is 0 Å². The summed E-state index contributed by atoms with van der Waals surface area (Å²) in [4.78, 5) is 43.0. The van der Waals surface area contributed by atoms with Crippen LogP contribution in [0.4, 0.5) is 0 Å². The van der Waals surface area contributed by atoms with Crippen LogP contribution in [0.1, 0.15) is 18.1 Å². The maximum atomic E-state index is 11.5. The number of aliphatic hydroxyl groups excluding tert-OH is 1. The summed E-state index contributed by atoms with van der Waals surface area (Å²) in [6, 6.07) is 5.90. The van der Waals surface area contributed by atoms with Gasteiger partial charge < -0.3 is 43.6 Å². The fourth-order valence-corrected chi connectivity index (χ4v) is 5.13. The molecule has 0 saturated carbocycles. The third kappa shape index (κ3) is 14.6. The number of phosphoric acid groups is 3.